The van der Waals surface area contributed by atoms with Crippen molar-refractivity contribution < 1.29 is 8.42 Å². The molecule has 0 saturated carbocycles. The van der Waals surface area contributed by atoms with Gasteiger partial charge in [0, 0.05) is 31.6 Å². The molecule has 0 spiro atoms. The summed E-state index contributed by atoms with van der Waals surface area (Å²) in [5.41, 5.74) is -0.0763. The molecule has 0 aromatic carbocycles. The SMILES string of the molecule is CCN(CC)S(=O)(=O)N1CCC(C)(c2ncc(Cl)s2)CC1. The van der Waals surface area contributed by atoms with E-state index in [0.717, 1.165) is 17.8 Å². The largest absolute Gasteiger partial charge is 0.281 e. The van der Waals surface area contributed by atoms with Crippen molar-refractivity contribution in [2.75, 3.05) is 26.2 Å². The van der Waals surface area contributed by atoms with Gasteiger partial charge in [0.05, 0.1) is 11.2 Å². The lowest BCUT2D eigenvalue weighted by atomic mass is 9.82. The van der Waals surface area contributed by atoms with Gasteiger partial charge in [-0.25, -0.2) is 4.98 Å². The van der Waals surface area contributed by atoms with Crippen LogP contribution in [0.15, 0.2) is 6.20 Å². The van der Waals surface area contributed by atoms with E-state index in [4.69, 9.17) is 11.6 Å². The Morgan fingerprint density at radius 2 is 1.95 bits per heavy atom. The zero-order valence-corrected chi connectivity index (χ0v) is 15.1. The first-order valence-corrected chi connectivity index (χ1v) is 9.79. The molecule has 0 aliphatic carbocycles. The molecule has 0 amide bonds. The van der Waals surface area contributed by atoms with Gasteiger partial charge in [-0.05, 0) is 12.8 Å². The van der Waals surface area contributed by atoms with E-state index >= 15 is 0 Å². The van der Waals surface area contributed by atoms with Crippen LogP contribution in [0.4, 0.5) is 0 Å². The fraction of sp³-hybridized carbons (Fsp3) is 0.769. The first kappa shape index (κ1) is 17.1. The minimum atomic E-state index is -3.33. The van der Waals surface area contributed by atoms with E-state index in [1.807, 2.05) is 13.8 Å². The van der Waals surface area contributed by atoms with Crippen LogP contribution in [0.25, 0.3) is 0 Å². The highest BCUT2D eigenvalue weighted by Gasteiger charge is 2.39. The molecular formula is C13H22ClN3O2S2. The molecule has 0 bridgehead atoms. The Kier molecular flexibility index (Phi) is 5.31. The summed E-state index contributed by atoms with van der Waals surface area (Å²) in [6, 6.07) is 0. The van der Waals surface area contributed by atoms with Gasteiger partial charge in [0.2, 0.25) is 0 Å². The molecule has 0 radical (unpaired) electrons. The van der Waals surface area contributed by atoms with Gasteiger partial charge in [0.15, 0.2) is 0 Å². The minimum absolute atomic E-state index is 0.0763. The molecule has 2 heterocycles. The Balaban J connectivity index is 2.10. The van der Waals surface area contributed by atoms with Crippen molar-refractivity contribution in [1.29, 1.82) is 0 Å². The fourth-order valence-corrected chi connectivity index (χ4v) is 5.41. The number of piperidine rings is 1. The Labute approximate surface area is 136 Å². The second kappa shape index (κ2) is 6.50. The van der Waals surface area contributed by atoms with Crippen molar-refractivity contribution in [3.05, 3.63) is 15.5 Å². The van der Waals surface area contributed by atoms with Crippen LogP contribution in [0.2, 0.25) is 4.34 Å². The van der Waals surface area contributed by atoms with Gasteiger partial charge in [-0.1, -0.05) is 32.4 Å². The van der Waals surface area contributed by atoms with Crippen LogP contribution >= 0.6 is 22.9 Å². The van der Waals surface area contributed by atoms with Crippen LogP contribution in [0, 0.1) is 0 Å². The minimum Gasteiger partial charge on any atom is -0.247 e. The topological polar surface area (TPSA) is 53.5 Å². The third kappa shape index (κ3) is 3.42. The Hall–Kier alpha value is -0.210. The van der Waals surface area contributed by atoms with Gasteiger partial charge in [0.25, 0.3) is 10.2 Å². The highest BCUT2D eigenvalue weighted by atomic mass is 35.5. The summed E-state index contributed by atoms with van der Waals surface area (Å²) in [4.78, 5) is 4.37. The molecule has 5 nitrogen and oxygen atoms in total. The predicted molar refractivity (Wildman–Crippen MR) is 87.1 cm³/mol. The van der Waals surface area contributed by atoms with Gasteiger partial charge < -0.3 is 0 Å². The van der Waals surface area contributed by atoms with Crippen molar-refractivity contribution >= 4 is 33.1 Å². The maximum absolute atomic E-state index is 12.5. The molecule has 2 rings (SSSR count). The highest BCUT2D eigenvalue weighted by molar-refractivity contribution is 7.86. The first-order valence-electron chi connectivity index (χ1n) is 7.20. The molecule has 1 aliphatic heterocycles. The van der Waals surface area contributed by atoms with Crippen LogP contribution in [-0.4, -0.2) is 48.2 Å². The Morgan fingerprint density at radius 1 is 1.38 bits per heavy atom. The number of halogens is 1. The Bertz CT molecular complexity index is 576. The van der Waals surface area contributed by atoms with E-state index in [0.29, 0.717) is 30.5 Å². The lowest BCUT2D eigenvalue weighted by molar-refractivity contribution is 0.235. The van der Waals surface area contributed by atoms with Crippen molar-refractivity contribution in [2.45, 2.75) is 39.0 Å². The zero-order valence-electron chi connectivity index (χ0n) is 12.7. The highest BCUT2D eigenvalue weighted by Crippen LogP contribution is 2.39. The number of thiazole rings is 1. The molecule has 1 aliphatic rings. The van der Waals surface area contributed by atoms with E-state index in [9.17, 15) is 8.42 Å². The second-order valence-corrected chi connectivity index (χ2v) is 9.11. The maximum atomic E-state index is 12.5. The van der Waals surface area contributed by atoms with E-state index in [1.165, 1.54) is 15.6 Å². The van der Waals surface area contributed by atoms with Crippen molar-refractivity contribution in [1.82, 2.24) is 13.6 Å². The monoisotopic (exact) mass is 351 g/mol. The lowest BCUT2D eigenvalue weighted by Gasteiger charge is -2.39. The van der Waals surface area contributed by atoms with Crippen molar-refractivity contribution in [3.63, 3.8) is 0 Å². The molecule has 0 N–H and O–H groups in total. The van der Waals surface area contributed by atoms with Gasteiger partial charge in [-0.15, -0.1) is 11.3 Å². The third-order valence-corrected chi connectivity index (χ3v) is 7.79. The maximum Gasteiger partial charge on any atom is 0.281 e. The summed E-state index contributed by atoms with van der Waals surface area (Å²) < 4.78 is 28.8. The summed E-state index contributed by atoms with van der Waals surface area (Å²) in [5, 5.41) is 1.01. The predicted octanol–water partition coefficient (Wildman–Crippen LogP) is 2.74. The van der Waals surface area contributed by atoms with Crippen LogP contribution < -0.4 is 0 Å². The van der Waals surface area contributed by atoms with Crippen molar-refractivity contribution in [3.8, 4) is 0 Å². The number of hydrogen-bond donors (Lipinski definition) is 0. The zero-order chi connectivity index (χ0) is 15.7. The van der Waals surface area contributed by atoms with E-state index in [1.54, 1.807) is 10.5 Å². The summed E-state index contributed by atoms with van der Waals surface area (Å²) in [5.74, 6) is 0. The molecule has 120 valence electrons. The smallest absolute Gasteiger partial charge is 0.247 e. The number of hydrogen-bond acceptors (Lipinski definition) is 4. The quantitative estimate of drug-likeness (QED) is 0.819. The average molecular weight is 352 g/mol. The Morgan fingerprint density at radius 3 is 2.38 bits per heavy atom. The molecule has 8 heteroatoms. The molecule has 21 heavy (non-hydrogen) atoms. The van der Waals surface area contributed by atoms with Crippen LogP contribution in [0.1, 0.15) is 38.6 Å². The molecule has 1 aromatic rings. The van der Waals surface area contributed by atoms with Crippen LogP contribution in [0.5, 0.6) is 0 Å². The van der Waals surface area contributed by atoms with E-state index in [-0.39, 0.29) is 5.41 Å². The number of aromatic nitrogens is 1. The molecule has 1 fully saturated rings. The standard InChI is InChI=1S/C13H22ClN3O2S2/c1-4-16(5-2)21(18,19)17-8-6-13(3,7-9-17)12-15-10-11(14)20-12/h10H,4-9H2,1-3H3. The summed E-state index contributed by atoms with van der Waals surface area (Å²) in [7, 11) is -3.33. The van der Waals surface area contributed by atoms with Crippen LogP contribution in [0.3, 0.4) is 0 Å². The lowest BCUT2D eigenvalue weighted by Crippen LogP contribution is -2.49. The molecule has 0 unspecified atom stereocenters. The van der Waals surface area contributed by atoms with Crippen LogP contribution in [-0.2, 0) is 15.6 Å². The molecule has 0 atom stereocenters. The van der Waals surface area contributed by atoms with E-state index in [2.05, 4.69) is 11.9 Å². The van der Waals surface area contributed by atoms with Gasteiger partial charge in [0.1, 0.15) is 4.34 Å². The molecule has 1 saturated heterocycles. The number of nitrogens with zero attached hydrogens (tertiary/aromatic N) is 3. The van der Waals surface area contributed by atoms with Gasteiger partial charge >= 0.3 is 0 Å². The normalized spacial score (nSPS) is 20.0. The second-order valence-electron chi connectivity index (χ2n) is 5.52. The number of rotatable bonds is 5. The first-order chi connectivity index (χ1) is 9.83. The summed E-state index contributed by atoms with van der Waals surface area (Å²) in [6.07, 6.45) is 3.22. The average Bonchev–Trinajstić information content (AvgIpc) is 2.88. The van der Waals surface area contributed by atoms with Gasteiger partial charge in [-0.3, -0.25) is 0 Å². The molecule has 1 aromatic heterocycles. The summed E-state index contributed by atoms with van der Waals surface area (Å²) >= 11 is 7.46. The van der Waals surface area contributed by atoms with Crippen molar-refractivity contribution in [2.24, 2.45) is 0 Å². The van der Waals surface area contributed by atoms with E-state index < -0.39 is 10.2 Å². The van der Waals surface area contributed by atoms with Gasteiger partial charge in [-0.2, -0.15) is 17.0 Å². The fourth-order valence-electron chi connectivity index (χ4n) is 2.67. The third-order valence-electron chi connectivity index (χ3n) is 4.18. The summed E-state index contributed by atoms with van der Waals surface area (Å²) in [6.45, 7) is 7.96. The molecular weight excluding hydrogens is 330 g/mol.